The lowest BCUT2D eigenvalue weighted by molar-refractivity contribution is -0.119. The van der Waals surface area contributed by atoms with Gasteiger partial charge in [-0.3, -0.25) is 14.4 Å². The van der Waals surface area contributed by atoms with E-state index in [1.165, 1.54) is 12.1 Å². The third kappa shape index (κ3) is 2.07. The molecule has 38 heavy (non-hydrogen) atoms. The number of aryl methyl sites for hydroxylation is 2. The molecule has 0 saturated carbocycles. The van der Waals surface area contributed by atoms with E-state index in [0.717, 1.165) is 0 Å². The average Bonchev–Trinajstić information content (AvgIpc) is 3.40. The molecular formula is C29H23NO8. The van der Waals surface area contributed by atoms with Crippen molar-refractivity contribution in [1.29, 1.82) is 0 Å². The molecule has 1 amide bonds. The number of phenols is 2. The molecule has 6 aliphatic rings. The van der Waals surface area contributed by atoms with Gasteiger partial charge in [0.1, 0.15) is 23.7 Å². The van der Waals surface area contributed by atoms with Crippen molar-refractivity contribution in [3.63, 3.8) is 0 Å². The summed E-state index contributed by atoms with van der Waals surface area (Å²) < 4.78 is 5.53. The predicted molar refractivity (Wildman–Crippen MR) is 130 cm³/mol. The zero-order chi connectivity index (χ0) is 26.6. The van der Waals surface area contributed by atoms with Gasteiger partial charge in [0, 0.05) is 23.7 Å². The topological polar surface area (TPSA) is 141 Å². The van der Waals surface area contributed by atoms with Crippen molar-refractivity contribution in [1.82, 2.24) is 4.90 Å². The second-order valence-corrected chi connectivity index (χ2v) is 11.4. The minimum atomic E-state index is -1.53. The molecule has 1 saturated heterocycles. The molecule has 2 aromatic carbocycles. The van der Waals surface area contributed by atoms with Crippen molar-refractivity contribution in [3.05, 3.63) is 62.2 Å². The number of nitrogens with zero attached hydrogens (tertiary/aromatic N) is 1. The van der Waals surface area contributed by atoms with Crippen LogP contribution in [0, 0.1) is 19.8 Å². The van der Waals surface area contributed by atoms with Crippen molar-refractivity contribution in [2.75, 3.05) is 13.2 Å². The van der Waals surface area contributed by atoms with E-state index >= 15 is 0 Å². The van der Waals surface area contributed by atoms with Crippen LogP contribution >= 0.6 is 0 Å². The lowest BCUT2D eigenvalue weighted by Crippen LogP contribution is -2.56. The number of Topliss-reactive ketones (excluding diaryl/α,β-unsaturated/α-hetero) is 2. The molecule has 3 N–H and O–H groups in total. The number of fused-ring (bicyclic) bond motifs is 5. The fourth-order valence-corrected chi connectivity index (χ4v) is 8.48. The van der Waals surface area contributed by atoms with Crippen molar-refractivity contribution in [3.8, 4) is 11.5 Å². The first-order valence-electron chi connectivity index (χ1n) is 12.8. The van der Waals surface area contributed by atoms with Crippen LogP contribution in [0.25, 0.3) is 5.57 Å². The van der Waals surface area contributed by atoms with Crippen molar-refractivity contribution in [2.45, 2.75) is 50.2 Å². The first-order chi connectivity index (χ1) is 18.1. The summed E-state index contributed by atoms with van der Waals surface area (Å²) in [5.74, 6) is -4.41. The molecule has 9 nitrogen and oxygen atoms in total. The van der Waals surface area contributed by atoms with Crippen molar-refractivity contribution < 1.29 is 39.2 Å². The van der Waals surface area contributed by atoms with Crippen molar-refractivity contribution >= 4 is 29.0 Å². The zero-order valence-electron chi connectivity index (χ0n) is 20.6. The maximum absolute atomic E-state index is 14.7. The number of hydrogen-bond donors (Lipinski definition) is 3. The second-order valence-electron chi connectivity index (χ2n) is 11.4. The largest absolute Gasteiger partial charge is 0.507 e. The minimum absolute atomic E-state index is 0.0802. The lowest BCUT2D eigenvalue weighted by Gasteiger charge is -2.46. The van der Waals surface area contributed by atoms with Crippen LogP contribution in [0.3, 0.4) is 0 Å². The van der Waals surface area contributed by atoms with Gasteiger partial charge in [0.2, 0.25) is 0 Å². The second kappa shape index (κ2) is 6.53. The number of carbonyl (C=O) groups is 4. The van der Waals surface area contributed by atoms with E-state index in [0.29, 0.717) is 47.2 Å². The molecular weight excluding hydrogens is 490 g/mol. The fraction of sp³-hybridized carbons (Fsp3) is 0.379. The number of carbonyl (C=O) groups excluding carboxylic acids is 4. The third-order valence-corrected chi connectivity index (χ3v) is 9.77. The van der Waals surface area contributed by atoms with Gasteiger partial charge >= 0.3 is 5.97 Å². The highest BCUT2D eigenvalue weighted by molar-refractivity contribution is 6.25. The molecule has 3 aliphatic carbocycles. The van der Waals surface area contributed by atoms with Gasteiger partial charge in [-0.2, -0.15) is 0 Å². The average molecular weight is 514 g/mol. The van der Waals surface area contributed by atoms with Gasteiger partial charge in [-0.05, 0) is 72.2 Å². The molecule has 0 radical (unpaired) electrons. The Hall–Kier alpha value is -3.98. The number of amides is 1. The maximum Gasteiger partial charge on any atom is 0.342 e. The van der Waals surface area contributed by atoms with E-state index < -0.39 is 41.1 Å². The van der Waals surface area contributed by atoms with Gasteiger partial charge in [-0.15, -0.1) is 0 Å². The monoisotopic (exact) mass is 513 g/mol. The molecule has 192 valence electrons. The Morgan fingerprint density at radius 1 is 0.921 bits per heavy atom. The summed E-state index contributed by atoms with van der Waals surface area (Å²) in [5, 5.41) is 33.6. The highest BCUT2D eigenvalue weighted by Gasteiger charge is 2.69. The summed E-state index contributed by atoms with van der Waals surface area (Å²) in [4.78, 5) is 56.9. The number of aliphatic hydroxyl groups excluding tert-OH is 1. The van der Waals surface area contributed by atoms with E-state index in [-0.39, 0.29) is 57.6 Å². The molecule has 5 atom stereocenters. The van der Waals surface area contributed by atoms with Crippen LogP contribution in [0.15, 0.2) is 17.7 Å². The number of rotatable bonds is 0. The van der Waals surface area contributed by atoms with Crippen LogP contribution < -0.4 is 0 Å². The first kappa shape index (κ1) is 22.0. The molecule has 1 fully saturated rings. The number of ketones is 2. The Morgan fingerprint density at radius 2 is 1.61 bits per heavy atom. The van der Waals surface area contributed by atoms with E-state index in [1.807, 2.05) is 0 Å². The molecule has 8 rings (SSSR count). The summed E-state index contributed by atoms with van der Waals surface area (Å²) in [6, 6.07) is 2.40. The van der Waals surface area contributed by atoms with Gasteiger partial charge in [0.15, 0.2) is 11.6 Å². The molecule has 9 heteroatoms. The van der Waals surface area contributed by atoms with Crippen LogP contribution in [0.4, 0.5) is 0 Å². The summed E-state index contributed by atoms with van der Waals surface area (Å²) in [7, 11) is 0. The highest BCUT2D eigenvalue weighted by Crippen LogP contribution is 2.65. The number of benzene rings is 2. The molecule has 0 aromatic heterocycles. The van der Waals surface area contributed by atoms with E-state index in [2.05, 4.69) is 0 Å². The van der Waals surface area contributed by atoms with E-state index in [9.17, 15) is 34.5 Å². The number of aromatic hydroxyl groups is 2. The number of esters is 1. The number of hydrogen-bond acceptors (Lipinski definition) is 8. The summed E-state index contributed by atoms with van der Waals surface area (Å²) in [6.07, 6.45) is -0.0989. The van der Waals surface area contributed by atoms with E-state index in [1.54, 1.807) is 18.7 Å². The van der Waals surface area contributed by atoms with Gasteiger partial charge < -0.3 is 25.0 Å². The fourth-order valence-electron chi connectivity index (χ4n) is 8.48. The Balaban J connectivity index is 1.54. The third-order valence-electron chi connectivity index (χ3n) is 9.77. The lowest BCUT2D eigenvalue weighted by atomic mass is 9.60. The van der Waals surface area contributed by atoms with Crippen LogP contribution in [-0.2, 0) is 14.9 Å². The summed E-state index contributed by atoms with van der Waals surface area (Å²) in [6.45, 7) is 3.53. The van der Waals surface area contributed by atoms with Crippen LogP contribution in [0.2, 0.25) is 0 Å². The molecule has 1 spiro atoms. The molecule has 3 aliphatic heterocycles. The minimum Gasteiger partial charge on any atom is -0.507 e. The molecule has 2 bridgehead atoms. The molecule has 2 aromatic rings. The number of phenolic OH excluding ortho intramolecular Hbond substituents is 2. The summed E-state index contributed by atoms with van der Waals surface area (Å²) in [5.41, 5.74) is 1.30. The van der Waals surface area contributed by atoms with E-state index in [4.69, 9.17) is 4.74 Å². The normalized spacial score (nSPS) is 31.7. The smallest absolute Gasteiger partial charge is 0.342 e. The van der Waals surface area contributed by atoms with Crippen LogP contribution in [0.1, 0.15) is 77.7 Å². The molecule has 3 heterocycles. The predicted octanol–water partition coefficient (Wildman–Crippen LogP) is 2.05. The van der Waals surface area contributed by atoms with Gasteiger partial charge in [-0.25, -0.2) is 4.79 Å². The van der Waals surface area contributed by atoms with Crippen LogP contribution in [0.5, 0.6) is 11.5 Å². The number of aliphatic hydroxyl groups is 1. The molecule has 2 unspecified atom stereocenters. The Labute approximate surface area is 216 Å². The Morgan fingerprint density at radius 3 is 2.34 bits per heavy atom. The Kier molecular flexibility index (Phi) is 3.79. The zero-order valence-corrected chi connectivity index (χ0v) is 20.6. The van der Waals surface area contributed by atoms with Crippen molar-refractivity contribution in [2.24, 2.45) is 5.92 Å². The Bertz CT molecular complexity index is 1670. The maximum atomic E-state index is 14.7. The summed E-state index contributed by atoms with van der Waals surface area (Å²) >= 11 is 0. The van der Waals surface area contributed by atoms with Gasteiger partial charge in [0.05, 0.1) is 28.9 Å². The van der Waals surface area contributed by atoms with Crippen LogP contribution in [-0.4, -0.2) is 69.0 Å². The highest BCUT2D eigenvalue weighted by atomic mass is 16.5. The van der Waals surface area contributed by atoms with Gasteiger partial charge in [-0.1, -0.05) is 0 Å². The first-order valence-corrected chi connectivity index (χ1v) is 12.8. The standard InChI is InChI=1S/C29H23NO8/c1-9-6-12(31)17-19-14(9)20-21-24(33)15-10(2)7-13(32)18-22(15)29(26(21)35,8-38-28(18)37)23(20)25(34)16(19)11-4-3-5-30(11)27(17)36/h6-7,11,16,21,26,31-32,35H,3-5,8H2,1-2H3/t11?,16?,21-,26-,29-/m0/s1. The quantitative estimate of drug-likeness (QED) is 0.455. The van der Waals surface area contributed by atoms with Gasteiger partial charge in [0.25, 0.3) is 5.91 Å². The number of ether oxygens (including phenoxy) is 1. The number of cyclic esters (lactones) is 1. The SMILES string of the molecule is Cc1cc(O)c2c3c1C1=C(C(=O)C3C3CCCN3C2=O)[C@]23COC(=O)c4c(O)cc(C)c(c42)C(=O)[C@H]1[C@@H]3O.